The molecule has 0 saturated carbocycles. The number of aromatic nitrogens is 1. The number of benzene rings is 2. The highest BCUT2D eigenvalue weighted by atomic mass is 16.5. The number of nitrogens with zero attached hydrogens (tertiary/aromatic N) is 1. The molecule has 6 heteroatoms. The molecule has 28 heavy (non-hydrogen) atoms. The molecule has 2 amide bonds. The molecule has 3 aromatic rings. The normalized spacial score (nSPS) is 10.8. The smallest absolute Gasteiger partial charge is 0.273 e. The molecule has 146 valence electrons. The Morgan fingerprint density at radius 3 is 2.57 bits per heavy atom. The highest BCUT2D eigenvalue weighted by molar-refractivity contribution is 5.97. The summed E-state index contributed by atoms with van der Waals surface area (Å²) < 4.78 is 7.56. The second-order valence-corrected chi connectivity index (χ2v) is 7.03. The fourth-order valence-corrected chi connectivity index (χ4v) is 2.85. The van der Waals surface area contributed by atoms with E-state index in [-0.39, 0.29) is 12.5 Å². The van der Waals surface area contributed by atoms with Gasteiger partial charge in [-0.25, -0.2) is 0 Å². The number of hydrogen-bond donors (Lipinski definition) is 2. The molecule has 1 heterocycles. The molecule has 3 rings (SSSR count). The Bertz CT molecular complexity index is 962. The van der Waals surface area contributed by atoms with Gasteiger partial charge >= 0.3 is 0 Å². The Hall–Kier alpha value is -3.28. The maximum atomic E-state index is 12.5. The van der Waals surface area contributed by atoms with Crippen molar-refractivity contribution < 1.29 is 14.3 Å². The fraction of sp³-hybridized carbons (Fsp3) is 0.273. The number of hydrogen-bond acceptors (Lipinski definition) is 3. The van der Waals surface area contributed by atoms with Gasteiger partial charge in [0.1, 0.15) is 12.3 Å². The lowest BCUT2D eigenvalue weighted by molar-refractivity contribution is -0.122. The number of nitrogens with one attached hydrogen (secondary N) is 2. The summed E-state index contributed by atoms with van der Waals surface area (Å²) in [5.74, 6) is 0.301. The molecule has 0 spiro atoms. The van der Waals surface area contributed by atoms with Gasteiger partial charge in [0.15, 0.2) is 0 Å². The van der Waals surface area contributed by atoms with Gasteiger partial charge in [-0.1, -0.05) is 44.2 Å². The fourth-order valence-electron chi connectivity index (χ4n) is 2.85. The van der Waals surface area contributed by atoms with Gasteiger partial charge in [0.25, 0.3) is 11.8 Å². The van der Waals surface area contributed by atoms with Crippen molar-refractivity contribution in [3.05, 3.63) is 66.4 Å². The van der Waals surface area contributed by atoms with E-state index >= 15 is 0 Å². The number of amides is 2. The van der Waals surface area contributed by atoms with Crippen LogP contribution in [0.5, 0.6) is 5.75 Å². The Kier molecular flexibility index (Phi) is 6.32. The van der Waals surface area contributed by atoms with Gasteiger partial charge in [-0.2, -0.15) is 0 Å². The predicted octanol–water partition coefficient (Wildman–Crippen LogP) is 3.53. The highest BCUT2D eigenvalue weighted by Gasteiger charge is 2.13. The first-order valence-electron chi connectivity index (χ1n) is 9.39. The summed E-state index contributed by atoms with van der Waals surface area (Å²) in [6.07, 6.45) is 2.75. The third kappa shape index (κ3) is 4.91. The van der Waals surface area contributed by atoms with E-state index in [1.165, 1.54) is 0 Å². The van der Waals surface area contributed by atoms with Crippen LogP contribution in [0.3, 0.4) is 0 Å². The Morgan fingerprint density at radius 1 is 1.00 bits per heavy atom. The molecule has 0 aliphatic rings. The topological polar surface area (TPSA) is 72.4 Å². The van der Waals surface area contributed by atoms with E-state index in [1.54, 1.807) is 18.2 Å². The average molecular weight is 379 g/mol. The van der Waals surface area contributed by atoms with Gasteiger partial charge in [-0.05, 0) is 42.0 Å². The molecule has 2 N–H and O–H groups in total. The number of ether oxygens (including phenoxy) is 1. The lowest BCUT2D eigenvalue weighted by atomic mass is 10.1. The molecule has 6 nitrogen and oxygen atoms in total. The summed E-state index contributed by atoms with van der Waals surface area (Å²) in [6, 6.07) is 16.8. The maximum absolute atomic E-state index is 12.5. The van der Waals surface area contributed by atoms with E-state index < -0.39 is 5.91 Å². The van der Waals surface area contributed by atoms with Crippen LogP contribution in [0.25, 0.3) is 10.9 Å². The maximum Gasteiger partial charge on any atom is 0.273 e. The van der Waals surface area contributed by atoms with Crippen molar-refractivity contribution in [2.24, 2.45) is 5.92 Å². The Labute approximate surface area is 164 Å². The number of rotatable bonds is 7. The quantitative estimate of drug-likeness (QED) is 0.617. The van der Waals surface area contributed by atoms with Crippen LogP contribution in [0.4, 0.5) is 0 Å². The van der Waals surface area contributed by atoms with Gasteiger partial charge in [0, 0.05) is 11.7 Å². The first-order valence-corrected chi connectivity index (χ1v) is 9.39. The van der Waals surface area contributed by atoms with Crippen molar-refractivity contribution in [1.29, 1.82) is 0 Å². The summed E-state index contributed by atoms with van der Waals surface area (Å²) in [6.45, 7) is 4.88. The third-order valence-electron chi connectivity index (χ3n) is 4.39. The third-order valence-corrected chi connectivity index (χ3v) is 4.39. The zero-order chi connectivity index (χ0) is 19.9. The van der Waals surface area contributed by atoms with Crippen LogP contribution in [0, 0.1) is 5.92 Å². The minimum Gasteiger partial charge on any atom is -0.493 e. The van der Waals surface area contributed by atoms with Crippen molar-refractivity contribution in [2.45, 2.75) is 26.8 Å². The van der Waals surface area contributed by atoms with Crippen molar-refractivity contribution in [2.75, 3.05) is 6.61 Å². The van der Waals surface area contributed by atoms with E-state index in [9.17, 15) is 9.59 Å². The number of hydrazine groups is 1. The molecule has 0 fully saturated rings. The van der Waals surface area contributed by atoms with E-state index in [2.05, 4.69) is 24.7 Å². The van der Waals surface area contributed by atoms with E-state index in [0.29, 0.717) is 23.8 Å². The first-order chi connectivity index (χ1) is 13.5. The second-order valence-electron chi connectivity index (χ2n) is 7.03. The molecule has 0 radical (unpaired) electrons. The molecular weight excluding hydrogens is 354 g/mol. The van der Waals surface area contributed by atoms with Gasteiger partial charge in [0.05, 0.1) is 12.2 Å². The lowest BCUT2D eigenvalue weighted by Gasteiger charge is -2.13. The minimum atomic E-state index is -0.411. The van der Waals surface area contributed by atoms with E-state index in [1.807, 2.05) is 47.2 Å². The van der Waals surface area contributed by atoms with Crippen molar-refractivity contribution in [1.82, 2.24) is 15.4 Å². The summed E-state index contributed by atoms with van der Waals surface area (Å²) in [5.41, 5.74) is 6.29. The highest BCUT2D eigenvalue weighted by Crippen LogP contribution is 2.18. The summed E-state index contributed by atoms with van der Waals surface area (Å²) in [4.78, 5) is 24.7. The number of carbonyl (C=O) groups is 2. The monoisotopic (exact) mass is 379 g/mol. The average Bonchev–Trinajstić information content (AvgIpc) is 3.09. The molecular formula is C22H25N3O3. The summed E-state index contributed by atoms with van der Waals surface area (Å²) in [5, 5.41) is 1.06. The van der Waals surface area contributed by atoms with E-state index in [4.69, 9.17) is 4.74 Å². The molecule has 0 aliphatic heterocycles. The second kappa shape index (κ2) is 9.08. The molecule has 2 aromatic carbocycles. The molecule has 0 unspecified atom stereocenters. The standard InChI is InChI=1S/C22H25N3O3/c1-16(2)12-14-28-20-10-6-4-8-18(20)22(27)24-23-21(26)15-25-13-11-17-7-3-5-9-19(17)25/h3-11,13,16H,12,14-15H2,1-2H3,(H,23,26)(H,24,27). The Morgan fingerprint density at radius 2 is 1.75 bits per heavy atom. The largest absolute Gasteiger partial charge is 0.493 e. The van der Waals surface area contributed by atoms with Crippen LogP contribution < -0.4 is 15.6 Å². The molecule has 1 aromatic heterocycles. The summed E-state index contributed by atoms with van der Waals surface area (Å²) >= 11 is 0. The van der Waals surface area contributed by atoms with Crippen molar-refractivity contribution in [3.63, 3.8) is 0 Å². The molecule has 0 saturated heterocycles. The lowest BCUT2D eigenvalue weighted by Crippen LogP contribution is -2.43. The van der Waals surface area contributed by atoms with Gasteiger partial charge in [0.2, 0.25) is 0 Å². The van der Waals surface area contributed by atoms with Crippen LogP contribution in [-0.2, 0) is 11.3 Å². The molecule has 0 aliphatic carbocycles. The van der Waals surface area contributed by atoms with E-state index in [0.717, 1.165) is 17.3 Å². The van der Waals surface area contributed by atoms with Gasteiger partial charge in [-0.15, -0.1) is 0 Å². The van der Waals surface area contributed by atoms with Crippen LogP contribution in [0.2, 0.25) is 0 Å². The Balaban J connectivity index is 1.57. The number of carbonyl (C=O) groups excluding carboxylic acids is 2. The van der Waals surface area contributed by atoms with Crippen LogP contribution in [-0.4, -0.2) is 23.0 Å². The van der Waals surface area contributed by atoms with Crippen LogP contribution in [0.15, 0.2) is 60.8 Å². The van der Waals surface area contributed by atoms with Crippen molar-refractivity contribution >= 4 is 22.7 Å². The SMILES string of the molecule is CC(C)CCOc1ccccc1C(=O)NNC(=O)Cn1ccc2ccccc21. The minimum absolute atomic E-state index is 0.111. The first kappa shape index (κ1) is 19.5. The number of para-hydroxylation sites is 2. The van der Waals surface area contributed by atoms with Gasteiger partial charge < -0.3 is 9.30 Å². The van der Waals surface area contributed by atoms with Crippen LogP contribution in [0.1, 0.15) is 30.6 Å². The van der Waals surface area contributed by atoms with Gasteiger partial charge in [-0.3, -0.25) is 20.4 Å². The zero-order valence-electron chi connectivity index (χ0n) is 16.1. The zero-order valence-corrected chi connectivity index (χ0v) is 16.1. The summed E-state index contributed by atoms with van der Waals surface area (Å²) in [7, 11) is 0. The van der Waals surface area contributed by atoms with Crippen molar-refractivity contribution in [3.8, 4) is 5.75 Å². The molecule has 0 bridgehead atoms. The predicted molar refractivity (Wildman–Crippen MR) is 109 cm³/mol. The number of fused-ring (bicyclic) bond motifs is 1. The molecule has 0 atom stereocenters. The van der Waals surface area contributed by atoms with Crippen LogP contribution >= 0.6 is 0 Å².